The third-order valence-electron chi connectivity index (χ3n) is 4.02. The number of rotatable bonds is 6. The van der Waals surface area contributed by atoms with E-state index < -0.39 is 0 Å². The van der Waals surface area contributed by atoms with Gasteiger partial charge in [-0.25, -0.2) is 9.78 Å². The van der Waals surface area contributed by atoms with Crippen LogP contribution < -0.4 is 5.32 Å². The summed E-state index contributed by atoms with van der Waals surface area (Å²) in [6.45, 7) is 4.34. The Morgan fingerprint density at radius 2 is 1.96 bits per heavy atom. The zero-order valence-electron chi connectivity index (χ0n) is 15.8. The van der Waals surface area contributed by atoms with Crippen molar-refractivity contribution in [2.24, 2.45) is 5.92 Å². The van der Waals surface area contributed by atoms with Gasteiger partial charge < -0.3 is 10.1 Å². The van der Waals surface area contributed by atoms with Crippen molar-refractivity contribution in [3.63, 3.8) is 0 Å². The molecule has 0 radical (unpaired) electrons. The molecule has 0 amide bonds. The van der Waals surface area contributed by atoms with Crippen LogP contribution in [0.25, 0.3) is 11.3 Å². The van der Waals surface area contributed by atoms with Crippen molar-refractivity contribution in [1.29, 1.82) is 0 Å². The number of nitrogens with zero attached hydrogens (tertiary/aromatic N) is 1. The second kappa shape index (κ2) is 8.95. The molecule has 0 saturated carbocycles. The van der Waals surface area contributed by atoms with Crippen LogP contribution in [0.1, 0.15) is 29.1 Å². The number of hydrogen-bond donors (Lipinski definition) is 1. The number of esters is 1. The average molecular weight is 435 g/mol. The number of carbonyl (C=O) groups excluding carboxylic acids is 1. The highest BCUT2D eigenvalue weighted by Crippen LogP contribution is 2.36. The normalized spacial score (nSPS) is 10.9. The Kier molecular flexibility index (Phi) is 6.60. The van der Waals surface area contributed by atoms with Gasteiger partial charge in [-0.1, -0.05) is 49.2 Å². The minimum Gasteiger partial charge on any atom is -0.465 e. The summed E-state index contributed by atoms with van der Waals surface area (Å²) in [5.74, 6) is 0.109. The summed E-state index contributed by atoms with van der Waals surface area (Å²) in [6.07, 6.45) is 0.900. The van der Waals surface area contributed by atoms with E-state index in [4.69, 9.17) is 32.9 Å². The molecule has 0 unspecified atom stereocenters. The Balaban J connectivity index is 1.95. The minimum atomic E-state index is -0.375. The predicted molar refractivity (Wildman–Crippen MR) is 117 cm³/mol. The fraction of sp³-hybridized carbons (Fsp3) is 0.238. The monoisotopic (exact) mass is 434 g/mol. The lowest BCUT2D eigenvalue weighted by Crippen LogP contribution is -2.01. The average Bonchev–Trinajstić information content (AvgIpc) is 3.04. The highest BCUT2D eigenvalue weighted by atomic mass is 35.5. The standard InChI is InChI=1S/C21H20Cl2N2O2S/c1-12(2)9-18-19(13-7-8-16(22)17(23)11-13)25-21(28-18)24-15-6-4-5-14(10-15)20(26)27-3/h4-8,10-12H,9H2,1-3H3,(H,24,25). The van der Waals surface area contributed by atoms with Crippen molar-refractivity contribution >= 4 is 51.3 Å². The molecule has 0 fully saturated rings. The number of aromatic nitrogens is 1. The van der Waals surface area contributed by atoms with Crippen LogP contribution in [0.15, 0.2) is 42.5 Å². The zero-order valence-corrected chi connectivity index (χ0v) is 18.1. The maximum Gasteiger partial charge on any atom is 0.337 e. The number of benzene rings is 2. The molecule has 3 rings (SSSR count). The van der Waals surface area contributed by atoms with Crippen molar-refractivity contribution in [2.45, 2.75) is 20.3 Å². The Hall–Kier alpha value is -2.08. The van der Waals surface area contributed by atoms with Crippen LogP contribution in [-0.4, -0.2) is 18.1 Å². The van der Waals surface area contributed by atoms with E-state index in [0.717, 1.165) is 28.5 Å². The van der Waals surface area contributed by atoms with Gasteiger partial charge in [0.2, 0.25) is 0 Å². The third-order valence-corrected chi connectivity index (χ3v) is 5.75. The van der Waals surface area contributed by atoms with Gasteiger partial charge in [0.25, 0.3) is 0 Å². The maximum atomic E-state index is 11.8. The van der Waals surface area contributed by atoms with Gasteiger partial charge in [0.05, 0.1) is 28.4 Å². The molecule has 0 spiro atoms. The van der Waals surface area contributed by atoms with Gasteiger partial charge in [-0.05, 0) is 42.7 Å². The summed E-state index contributed by atoms with van der Waals surface area (Å²) in [4.78, 5) is 17.7. The predicted octanol–water partition coefficient (Wildman–Crippen LogP) is 6.85. The van der Waals surface area contributed by atoms with E-state index in [2.05, 4.69) is 19.2 Å². The number of thiazole rings is 1. The van der Waals surface area contributed by atoms with Gasteiger partial charge in [0, 0.05) is 16.1 Å². The van der Waals surface area contributed by atoms with Gasteiger partial charge in [-0.15, -0.1) is 11.3 Å². The van der Waals surface area contributed by atoms with E-state index in [1.165, 1.54) is 12.0 Å². The third kappa shape index (κ3) is 4.85. The lowest BCUT2D eigenvalue weighted by molar-refractivity contribution is 0.0601. The molecule has 0 saturated heterocycles. The number of halogens is 2. The highest BCUT2D eigenvalue weighted by molar-refractivity contribution is 7.16. The van der Waals surface area contributed by atoms with E-state index in [0.29, 0.717) is 21.5 Å². The van der Waals surface area contributed by atoms with Crippen LogP contribution in [-0.2, 0) is 11.2 Å². The van der Waals surface area contributed by atoms with E-state index >= 15 is 0 Å². The first-order chi connectivity index (χ1) is 13.4. The van der Waals surface area contributed by atoms with Gasteiger partial charge in [-0.3, -0.25) is 0 Å². The fourth-order valence-electron chi connectivity index (χ4n) is 2.75. The number of nitrogens with one attached hydrogen (secondary N) is 1. The van der Waals surface area contributed by atoms with Crippen molar-refractivity contribution in [3.8, 4) is 11.3 Å². The molecule has 0 atom stereocenters. The Bertz CT molecular complexity index is 1000. The molecule has 1 N–H and O–H groups in total. The molecular weight excluding hydrogens is 415 g/mol. The SMILES string of the molecule is COC(=O)c1cccc(Nc2nc(-c3ccc(Cl)c(Cl)c3)c(CC(C)C)s2)c1. The maximum absolute atomic E-state index is 11.8. The van der Waals surface area contributed by atoms with Crippen molar-refractivity contribution in [1.82, 2.24) is 4.98 Å². The summed E-state index contributed by atoms with van der Waals surface area (Å²) in [7, 11) is 1.37. The molecule has 146 valence electrons. The molecule has 0 aliphatic carbocycles. The highest BCUT2D eigenvalue weighted by Gasteiger charge is 2.16. The summed E-state index contributed by atoms with van der Waals surface area (Å²) in [6, 6.07) is 12.7. The Morgan fingerprint density at radius 3 is 2.64 bits per heavy atom. The Morgan fingerprint density at radius 1 is 1.18 bits per heavy atom. The lowest BCUT2D eigenvalue weighted by Gasteiger charge is -2.06. The first kappa shape index (κ1) is 20.6. The molecule has 1 heterocycles. The smallest absolute Gasteiger partial charge is 0.337 e. The molecule has 4 nitrogen and oxygen atoms in total. The first-order valence-electron chi connectivity index (χ1n) is 8.78. The van der Waals surface area contributed by atoms with Gasteiger partial charge in [0.1, 0.15) is 0 Å². The molecule has 3 aromatic rings. The number of ether oxygens (including phenoxy) is 1. The molecule has 0 aliphatic rings. The van der Waals surface area contributed by atoms with E-state index in [-0.39, 0.29) is 5.97 Å². The van der Waals surface area contributed by atoms with Crippen LogP contribution in [0, 0.1) is 5.92 Å². The lowest BCUT2D eigenvalue weighted by atomic mass is 10.0. The number of carbonyl (C=O) groups is 1. The van der Waals surface area contributed by atoms with Crippen molar-refractivity contribution in [3.05, 3.63) is 63.0 Å². The molecule has 7 heteroatoms. The summed E-state index contributed by atoms with van der Waals surface area (Å²) in [5.41, 5.74) is 3.08. The van der Waals surface area contributed by atoms with Gasteiger partial charge in [0.15, 0.2) is 5.13 Å². The molecule has 2 aromatic carbocycles. The number of anilines is 2. The van der Waals surface area contributed by atoms with Crippen molar-refractivity contribution < 1.29 is 9.53 Å². The second-order valence-electron chi connectivity index (χ2n) is 6.72. The summed E-state index contributed by atoms with van der Waals surface area (Å²) < 4.78 is 4.78. The number of hydrogen-bond acceptors (Lipinski definition) is 5. The summed E-state index contributed by atoms with van der Waals surface area (Å²) >= 11 is 13.9. The zero-order chi connectivity index (χ0) is 20.3. The topological polar surface area (TPSA) is 51.2 Å². The van der Waals surface area contributed by atoms with E-state index in [1.54, 1.807) is 35.6 Å². The van der Waals surface area contributed by atoms with Crippen LogP contribution in [0.4, 0.5) is 10.8 Å². The Labute approximate surface area is 178 Å². The molecule has 1 aromatic heterocycles. The quantitative estimate of drug-likeness (QED) is 0.431. The van der Waals surface area contributed by atoms with Crippen LogP contribution in [0.3, 0.4) is 0 Å². The minimum absolute atomic E-state index is 0.375. The van der Waals surface area contributed by atoms with Crippen LogP contribution >= 0.6 is 34.5 Å². The molecule has 0 aliphatic heterocycles. The largest absolute Gasteiger partial charge is 0.465 e. The molecular formula is C21H20Cl2N2O2S. The van der Waals surface area contributed by atoms with Crippen molar-refractivity contribution in [2.75, 3.05) is 12.4 Å². The molecule has 0 bridgehead atoms. The molecule has 28 heavy (non-hydrogen) atoms. The second-order valence-corrected chi connectivity index (χ2v) is 8.61. The van der Waals surface area contributed by atoms with Crippen LogP contribution in [0.2, 0.25) is 10.0 Å². The van der Waals surface area contributed by atoms with Gasteiger partial charge in [-0.2, -0.15) is 0 Å². The first-order valence-corrected chi connectivity index (χ1v) is 10.3. The number of methoxy groups -OCH3 is 1. The van der Waals surface area contributed by atoms with E-state index in [1.807, 2.05) is 18.2 Å². The fourth-order valence-corrected chi connectivity index (χ4v) is 4.26. The van der Waals surface area contributed by atoms with Gasteiger partial charge >= 0.3 is 5.97 Å². The van der Waals surface area contributed by atoms with Crippen LogP contribution in [0.5, 0.6) is 0 Å². The van der Waals surface area contributed by atoms with E-state index in [9.17, 15) is 4.79 Å². The summed E-state index contributed by atoms with van der Waals surface area (Å²) in [5, 5.41) is 5.06.